The number of hydrogen-bond acceptors (Lipinski definition) is 6. The van der Waals surface area contributed by atoms with E-state index in [-0.39, 0.29) is 5.70 Å². The molecule has 0 saturated carbocycles. The molecule has 22 heavy (non-hydrogen) atoms. The highest BCUT2D eigenvalue weighted by Gasteiger charge is 2.20. The zero-order valence-electron chi connectivity index (χ0n) is 13.0. The van der Waals surface area contributed by atoms with Gasteiger partial charge in [0, 0.05) is 5.69 Å². The fourth-order valence-corrected chi connectivity index (χ4v) is 1.64. The van der Waals surface area contributed by atoms with Crippen molar-refractivity contribution in [2.24, 2.45) is 0 Å². The summed E-state index contributed by atoms with van der Waals surface area (Å²) < 4.78 is 9.12. The number of hydrogen-bond donors (Lipinski definition) is 1. The molecule has 1 N–H and O–H groups in total. The lowest BCUT2D eigenvalue weighted by Gasteiger charge is -2.17. The number of anilines is 1. The molecule has 1 rings (SSSR count). The maximum atomic E-state index is 11.7. The van der Waals surface area contributed by atoms with Gasteiger partial charge in [0.1, 0.15) is 5.70 Å². The standard InChI is InChI=1S/C16H18N2O4/c1-16(2,10-17)11-6-5-7-12(8-11)18-13(15(20)22-4)9-14(19)21-3/h5-9,18H,1-4H3/b13-9+. The van der Waals surface area contributed by atoms with Gasteiger partial charge in [0.15, 0.2) is 0 Å². The normalized spacial score (nSPS) is 11.3. The van der Waals surface area contributed by atoms with E-state index in [0.717, 1.165) is 11.6 Å². The van der Waals surface area contributed by atoms with E-state index in [4.69, 9.17) is 0 Å². The lowest BCUT2D eigenvalue weighted by Crippen LogP contribution is -2.17. The minimum Gasteiger partial charge on any atom is -0.466 e. The van der Waals surface area contributed by atoms with Crippen LogP contribution in [0.15, 0.2) is 36.0 Å². The van der Waals surface area contributed by atoms with Gasteiger partial charge >= 0.3 is 11.9 Å². The van der Waals surface area contributed by atoms with Gasteiger partial charge in [-0.25, -0.2) is 9.59 Å². The predicted molar refractivity (Wildman–Crippen MR) is 80.8 cm³/mol. The van der Waals surface area contributed by atoms with E-state index in [9.17, 15) is 14.9 Å². The smallest absolute Gasteiger partial charge is 0.354 e. The summed E-state index contributed by atoms with van der Waals surface area (Å²) in [6, 6.07) is 9.22. The van der Waals surface area contributed by atoms with Crippen molar-refractivity contribution >= 4 is 17.6 Å². The van der Waals surface area contributed by atoms with Gasteiger partial charge in [0.2, 0.25) is 0 Å². The van der Waals surface area contributed by atoms with E-state index in [1.165, 1.54) is 14.2 Å². The first-order valence-corrected chi connectivity index (χ1v) is 6.51. The summed E-state index contributed by atoms with van der Waals surface area (Å²) in [6.07, 6.45) is 1.01. The predicted octanol–water partition coefficient (Wildman–Crippen LogP) is 2.13. The number of ether oxygens (including phenoxy) is 2. The van der Waals surface area contributed by atoms with E-state index in [2.05, 4.69) is 20.9 Å². The molecule has 0 atom stereocenters. The van der Waals surface area contributed by atoms with Crippen LogP contribution in [0.3, 0.4) is 0 Å². The van der Waals surface area contributed by atoms with E-state index in [0.29, 0.717) is 5.69 Å². The first kappa shape index (κ1) is 17.2. The Labute approximate surface area is 129 Å². The molecule has 0 saturated heterocycles. The fourth-order valence-electron chi connectivity index (χ4n) is 1.64. The van der Waals surface area contributed by atoms with Crippen LogP contribution in [-0.2, 0) is 24.5 Å². The molecule has 0 amide bonds. The van der Waals surface area contributed by atoms with Crippen LogP contribution in [0.25, 0.3) is 0 Å². The van der Waals surface area contributed by atoms with Crippen LogP contribution in [0, 0.1) is 11.3 Å². The van der Waals surface area contributed by atoms with Crippen LogP contribution in [-0.4, -0.2) is 26.2 Å². The average molecular weight is 302 g/mol. The number of nitriles is 1. The summed E-state index contributed by atoms with van der Waals surface area (Å²) in [5.74, 6) is -1.38. The third kappa shape index (κ3) is 4.35. The van der Waals surface area contributed by atoms with E-state index in [1.54, 1.807) is 32.0 Å². The molecule has 0 heterocycles. The Hall–Kier alpha value is -2.81. The number of carbonyl (C=O) groups excluding carboxylic acids is 2. The molecule has 116 valence electrons. The van der Waals surface area contributed by atoms with Crippen LogP contribution >= 0.6 is 0 Å². The summed E-state index contributed by atoms with van der Waals surface area (Å²) in [4.78, 5) is 23.0. The van der Waals surface area contributed by atoms with Crippen LogP contribution in [0.5, 0.6) is 0 Å². The van der Waals surface area contributed by atoms with E-state index in [1.807, 2.05) is 6.07 Å². The molecule has 0 radical (unpaired) electrons. The van der Waals surface area contributed by atoms with E-state index < -0.39 is 17.4 Å². The Morgan fingerprint density at radius 3 is 2.50 bits per heavy atom. The van der Waals surface area contributed by atoms with E-state index >= 15 is 0 Å². The van der Waals surface area contributed by atoms with Crippen molar-refractivity contribution in [1.29, 1.82) is 5.26 Å². The highest BCUT2D eigenvalue weighted by molar-refractivity contribution is 5.98. The molecule has 0 fully saturated rings. The minimum atomic E-state index is -0.699. The van der Waals surface area contributed by atoms with Crippen molar-refractivity contribution in [2.75, 3.05) is 19.5 Å². The number of carbonyl (C=O) groups is 2. The summed E-state index contributed by atoms with van der Waals surface area (Å²) in [6.45, 7) is 3.58. The number of esters is 2. The second kappa shape index (κ2) is 7.27. The van der Waals surface area contributed by atoms with Crippen LogP contribution in [0.4, 0.5) is 5.69 Å². The van der Waals surface area contributed by atoms with Crippen LogP contribution in [0.2, 0.25) is 0 Å². The topological polar surface area (TPSA) is 88.4 Å². The molecule has 0 aliphatic carbocycles. The molecule has 0 bridgehead atoms. The van der Waals surface area contributed by atoms with Gasteiger partial charge in [0.25, 0.3) is 0 Å². The Kier molecular flexibility index (Phi) is 5.70. The van der Waals surface area contributed by atoms with Gasteiger partial charge in [-0.3, -0.25) is 0 Å². The largest absolute Gasteiger partial charge is 0.466 e. The monoisotopic (exact) mass is 302 g/mol. The first-order chi connectivity index (χ1) is 10.3. The molecular weight excluding hydrogens is 284 g/mol. The van der Waals surface area contributed by atoms with Gasteiger partial charge in [0.05, 0.1) is 31.8 Å². The van der Waals surface area contributed by atoms with Crippen molar-refractivity contribution in [2.45, 2.75) is 19.3 Å². The Balaban J connectivity index is 3.13. The lowest BCUT2D eigenvalue weighted by atomic mass is 9.86. The van der Waals surface area contributed by atoms with Crippen molar-refractivity contribution in [3.05, 3.63) is 41.6 Å². The van der Waals surface area contributed by atoms with Gasteiger partial charge < -0.3 is 14.8 Å². The zero-order valence-corrected chi connectivity index (χ0v) is 13.0. The van der Waals surface area contributed by atoms with Gasteiger partial charge in [-0.15, -0.1) is 0 Å². The molecule has 0 unspecified atom stereocenters. The molecule has 0 aromatic heterocycles. The second-order valence-electron chi connectivity index (χ2n) is 5.02. The van der Waals surface area contributed by atoms with Crippen molar-refractivity contribution in [3.8, 4) is 6.07 Å². The zero-order chi connectivity index (χ0) is 16.8. The summed E-state index contributed by atoms with van der Waals surface area (Å²) in [7, 11) is 2.42. The maximum Gasteiger partial charge on any atom is 0.354 e. The molecule has 1 aromatic carbocycles. The van der Waals surface area contributed by atoms with Crippen LogP contribution in [0.1, 0.15) is 19.4 Å². The summed E-state index contributed by atoms with van der Waals surface area (Å²) in [5.41, 5.74) is 0.611. The van der Waals surface area contributed by atoms with Gasteiger partial charge in [-0.1, -0.05) is 12.1 Å². The SMILES string of the molecule is COC(=O)/C=C(/Nc1cccc(C(C)(C)C#N)c1)C(=O)OC. The third-order valence-electron chi connectivity index (χ3n) is 3.01. The number of benzene rings is 1. The third-order valence-corrected chi connectivity index (χ3v) is 3.01. The molecule has 0 aliphatic rings. The highest BCUT2D eigenvalue weighted by atomic mass is 16.5. The molecule has 0 aliphatic heterocycles. The second-order valence-corrected chi connectivity index (χ2v) is 5.02. The minimum absolute atomic E-state index is 0.0544. The Bertz CT molecular complexity index is 642. The van der Waals surface area contributed by atoms with Crippen molar-refractivity contribution in [1.82, 2.24) is 0 Å². The fraction of sp³-hybridized carbons (Fsp3) is 0.312. The number of nitrogens with zero attached hydrogens (tertiary/aromatic N) is 1. The molecule has 1 aromatic rings. The van der Waals surface area contributed by atoms with Gasteiger partial charge in [-0.2, -0.15) is 5.26 Å². The van der Waals surface area contributed by atoms with Crippen molar-refractivity contribution < 1.29 is 19.1 Å². The molecule has 6 nitrogen and oxygen atoms in total. The molecule has 0 spiro atoms. The first-order valence-electron chi connectivity index (χ1n) is 6.51. The molecule has 6 heteroatoms. The molecular formula is C16H18N2O4. The summed E-state index contributed by atoms with van der Waals surface area (Å²) >= 11 is 0. The number of nitrogens with one attached hydrogen (secondary N) is 1. The number of methoxy groups -OCH3 is 2. The highest BCUT2D eigenvalue weighted by Crippen LogP contribution is 2.25. The Morgan fingerprint density at radius 1 is 1.27 bits per heavy atom. The lowest BCUT2D eigenvalue weighted by molar-refractivity contribution is -0.138. The maximum absolute atomic E-state index is 11.7. The average Bonchev–Trinajstić information content (AvgIpc) is 2.53. The Morgan fingerprint density at radius 2 is 1.95 bits per heavy atom. The number of rotatable bonds is 5. The quantitative estimate of drug-likeness (QED) is 0.662. The van der Waals surface area contributed by atoms with Gasteiger partial charge in [-0.05, 0) is 31.5 Å². The summed E-state index contributed by atoms with van der Waals surface area (Å²) in [5, 5.41) is 12.0. The van der Waals surface area contributed by atoms with Crippen LogP contribution < -0.4 is 5.32 Å². The van der Waals surface area contributed by atoms with Crippen molar-refractivity contribution in [3.63, 3.8) is 0 Å².